The van der Waals surface area contributed by atoms with Crippen molar-refractivity contribution in [1.82, 2.24) is 10.0 Å². The van der Waals surface area contributed by atoms with E-state index in [0.717, 1.165) is 12.8 Å². The van der Waals surface area contributed by atoms with E-state index in [2.05, 4.69) is 15.4 Å². The zero-order valence-corrected chi connectivity index (χ0v) is 18.8. The summed E-state index contributed by atoms with van der Waals surface area (Å²) in [7, 11) is -2.14. The molecule has 0 atom stereocenters. The van der Waals surface area contributed by atoms with Gasteiger partial charge in [-0.2, -0.15) is 0 Å². The number of hydrogen-bond donors (Lipinski definition) is 3. The number of benzene rings is 2. The van der Waals surface area contributed by atoms with E-state index in [4.69, 9.17) is 16.3 Å². The van der Waals surface area contributed by atoms with E-state index in [1.54, 1.807) is 19.1 Å². The van der Waals surface area contributed by atoms with E-state index in [0.29, 0.717) is 24.4 Å². The Morgan fingerprint density at radius 3 is 2.48 bits per heavy atom. The molecule has 3 rings (SSSR count). The Kier molecular flexibility index (Phi) is 7.32. The minimum atomic E-state index is -3.68. The molecule has 0 aliphatic heterocycles. The molecule has 0 heterocycles. The van der Waals surface area contributed by atoms with Crippen molar-refractivity contribution in [3.05, 3.63) is 58.1 Å². The zero-order valence-electron chi connectivity index (χ0n) is 17.2. The smallest absolute Gasteiger partial charge is 0.255 e. The van der Waals surface area contributed by atoms with Gasteiger partial charge in [0.15, 0.2) is 0 Å². The SMILES string of the molecule is COCCNC(=O)c1ccc(NC(=O)c2cc(S(=O)(=O)NC3CC3)ccc2C)cc1Cl. The molecule has 31 heavy (non-hydrogen) atoms. The Morgan fingerprint density at radius 2 is 1.84 bits per heavy atom. The fourth-order valence-electron chi connectivity index (χ4n) is 2.84. The van der Waals surface area contributed by atoms with Crippen LogP contribution in [0, 0.1) is 6.92 Å². The van der Waals surface area contributed by atoms with Gasteiger partial charge in [-0.15, -0.1) is 0 Å². The molecule has 0 radical (unpaired) electrons. The van der Waals surface area contributed by atoms with E-state index in [9.17, 15) is 18.0 Å². The summed E-state index contributed by atoms with van der Waals surface area (Å²) in [5.41, 5.74) is 1.51. The van der Waals surface area contributed by atoms with Gasteiger partial charge in [0.2, 0.25) is 10.0 Å². The van der Waals surface area contributed by atoms with Crippen LogP contribution in [-0.2, 0) is 14.8 Å². The fourth-order valence-corrected chi connectivity index (χ4v) is 4.44. The molecule has 0 aromatic heterocycles. The van der Waals surface area contributed by atoms with Crippen LogP contribution >= 0.6 is 11.6 Å². The molecule has 166 valence electrons. The molecular weight excluding hydrogens is 442 g/mol. The summed E-state index contributed by atoms with van der Waals surface area (Å²) in [5, 5.41) is 5.55. The number of carbonyl (C=O) groups is 2. The molecule has 2 aromatic rings. The number of aryl methyl sites for hydroxylation is 1. The Balaban J connectivity index is 1.74. The number of anilines is 1. The molecule has 0 unspecified atom stereocenters. The third-order valence-electron chi connectivity index (χ3n) is 4.73. The molecule has 0 saturated heterocycles. The first-order chi connectivity index (χ1) is 14.7. The van der Waals surface area contributed by atoms with Crippen molar-refractivity contribution >= 4 is 39.1 Å². The molecule has 1 saturated carbocycles. The van der Waals surface area contributed by atoms with Crippen LogP contribution in [0.25, 0.3) is 0 Å². The van der Waals surface area contributed by atoms with Crippen LogP contribution in [0.15, 0.2) is 41.3 Å². The van der Waals surface area contributed by atoms with Crippen LogP contribution in [0.4, 0.5) is 5.69 Å². The third-order valence-corrected chi connectivity index (χ3v) is 6.56. The van der Waals surface area contributed by atoms with Crippen molar-refractivity contribution in [3.8, 4) is 0 Å². The number of nitrogens with one attached hydrogen (secondary N) is 3. The van der Waals surface area contributed by atoms with E-state index in [1.165, 1.54) is 31.4 Å². The number of ether oxygens (including phenoxy) is 1. The van der Waals surface area contributed by atoms with Crippen LogP contribution < -0.4 is 15.4 Å². The fraction of sp³-hybridized carbons (Fsp3) is 0.333. The molecular formula is C21H24ClN3O5S. The predicted octanol–water partition coefficient (Wildman–Crippen LogP) is 2.72. The first kappa shape index (κ1) is 23.2. The molecule has 3 N–H and O–H groups in total. The summed E-state index contributed by atoms with van der Waals surface area (Å²) >= 11 is 6.21. The van der Waals surface area contributed by atoms with Gasteiger partial charge in [0, 0.05) is 30.9 Å². The summed E-state index contributed by atoms with van der Waals surface area (Å²) in [6.07, 6.45) is 1.64. The summed E-state index contributed by atoms with van der Waals surface area (Å²) in [4.78, 5) is 25.0. The minimum absolute atomic E-state index is 0.0315. The van der Waals surface area contributed by atoms with Gasteiger partial charge in [0.05, 0.1) is 22.1 Å². The maximum Gasteiger partial charge on any atom is 0.255 e. The lowest BCUT2D eigenvalue weighted by atomic mass is 10.1. The van der Waals surface area contributed by atoms with Crippen LogP contribution in [0.1, 0.15) is 39.1 Å². The molecule has 0 bridgehead atoms. The Hall–Kier alpha value is -2.46. The molecule has 10 heteroatoms. The van der Waals surface area contributed by atoms with Crippen molar-refractivity contribution < 1.29 is 22.7 Å². The molecule has 8 nitrogen and oxygen atoms in total. The van der Waals surface area contributed by atoms with Gasteiger partial charge >= 0.3 is 0 Å². The second kappa shape index (κ2) is 9.78. The zero-order chi connectivity index (χ0) is 22.6. The number of rotatable bonds is 9. The molecule has 1 fully saturated rings. The van der Waals surface area contributed by atoms with E-state index < -0.39 is 15.9 Å². The van der Waals surface area contributed by atoms with Crippen molar-refractivity contribution in [2.45, 2.75) is 30.7 Å². The summed E-state index contributed by atoms with van der Waals surface area (Å²) in [6.45, 7) is 2.44. The average molecular weight is 466 g/mol. The third kappa shape index (κ3) is 6.04. The topological polar surface area (TPSA) is 114 Å². The summed E-state index contributed by atoms with van der Waals surface area (Å²) in [5.74, 6) is -0.828. The number of halogens is 1. The Morgan fingerprint density at radius 1 is 1.10 bits per heavy atom. The second-order valence-corrected chi connectivity index (χ2v) is 9.39. The maximum absolute atomic E-state index is 12.8. The van der Waals surface area contributed by atoms with Crippen LogP contribution in [0.3, 0.4) is 0 Å². The van der Waals surface area contributed by atoms with Crippen LogP contribution in [0.5, 0.6) is 0 Å². The normalized spacial score (nSPS) is 13.6. The first-order valence-electron chi connectivity index (χ1n) is 9.72. The first-order valence-corrected chi connectivity index (χ1v) is 11.6. The second-order valence-electron chi connectivity index (χ2n) is 7.27. The van der Waals surface area contributed by atoms with Gasteiger partial charge in [-0.3, -0.25) is 9.59 Å². The van der Waals surface area contributed by atoms with E-state index >= 15 is 0 Å². The van der Waals surface area contributed by atoms with Crippen molar-refractivity contribution in [2.24, 2.45) is 0 Å². The predicted molar refractivity (Wildman–Crippen MR) is 118 cm³/mol. The highest BCUT2D eigenvalue weighted by atomic mass is 35.5. The summed E-state index contributed by atoms with van der Waals surface area (Å²) in [6, 6.07) is 8.93. The van der Waals surface area contributed by atoms with Crippen molar-refractivity contribution in [2.75, 3.05) is 25.6 Å². The molecule has 2 aromatic carbocycles. The average Bonchev–Trinajstić information content (AvgIpc) is 3.51. The largest absolute Gasteiger partial charge is 0.383 e. The standard InChI is InChI=1S/C21H24ClN3O5S/c1-13-3-7-16(31(28,29)25-14-4-5-14)12-18(13)21(27)24-15-6-8-17(19(22)11-15)20(26)23-9-10-30-2/h3,6-8,11-12,14,25H,4-5,9-10H2,1-2H3,(H,23,26)(H,24,27). The number of hydrogen-bond acceptors (Lipinski definition) is 5. The lowest BCUT2D eigenvalue weighted by Gasteiger charge is -2.12. The maximum atomic E-state index is 12.8. The van der Waals surface area contributed by atoms with Crippen LogP contribution in [0.2, 0.25) is 5.02 Å². The molecule has 1 aliphatic rings. The van der Waals surface area contributed by atoms with E-state index in [1.807, 2.05) is 0 Å². The monoisotopic (exact) mass is 465 g/mol. The van der Waals surface area contributed by atoms with Crippen LogP contribution in [-0.4, -0.2) is 46.5 Å². The van der Waals surface area contributed by atoms with Gasteiger partial charge in [0.1, 0.15) is 0 Å². The van der Waals surface area contributed by atoms with Gasteiger partial charge in [-0.25, -0.2) is 13.1 Å². The highest BCUT2D eigenvalue weighted by molar-refractivity contribution is 7.89. The highest BCUT2D eigenvalue weighted by Gasteiger charge is 2.28. The highest BCUT2D eigenvalue weighted by Crippen LogP contribution is 2.25. The number of methoxy groups -OCH3 is 1. The van der Waals surface area contributed by atoms with Gasteiger partial charge in [-0.05, 0) is 55.7 Å². The Labute approximate surface area is 186 Å². The molecule has 2 amide bonds. The Bertz CT molecular complexity index is 1100. The minimum Gasteiger partial charge on any atom is -0.383 e. The molecule has 1 aliphatic carbocycles. The number of sulfonamides is 1. The van der Waals surface area contributed by atoms with E-state index in [-0.39, 0.29) is 33.0 Å². The quantitative estimate of drug-likeness (QED) is 0.493. The van der Waals surface area contributed by atoms with Crippen molar-refractivity contribution in [3.63, 3.8) is 0 Å². The summed E-state index contributed by atoms with van der Waals surface area (Å²) < 4.78 is 32.4. The number of carbonyl (C=O) groups excluding carboxylic acids is 2. The molecule has 0 spiro atoms. The van der Waals surface area contributed by atoms with Gasteiger partial charge in [-0.1, -0.05) is 17.7 Å². The van der Waals surface area contributed by atoms with Gasteiger partial charge < -0.3 is 15.4 Å². The van der Waals surface area contributed by atoms with Crippen molar-refractivity contribution in [1.29, 1.82) is 0 Å². The number of amides is 2. The van der Waals surface area contributed by atoms with Gasteiger partial charge in [0.25, 0.3) is 11.8 Å². The lowest BCUT2D eigenvalue weighted by molar-refractivity contribution is 0.0936. The lowest BCUT2D eigenvalue weighted by Crippen LogP contribution is -2.27.